The molecule has 3 aliphatic heterocycles. The van der Waals surface area contributed by atoms with Gasteiger partial charge in [-0.05, 0) is 19.4 Å². The number of morpholine rings is 1. The van der Waals surface area contributed by atoms with Crippen LogP contribution in [0.15, 0.2) is 35.5 Å². The van der Waals surface area contributed by atoms with Gasteiger partial charge in [0.15, 0.2) is 5.60 Å². The number of anilines is 1. The molecule has 1 aromatic heterocycles. The minimum atomic E-state index is -4.92. The van der Waals surface area contributed by atoms with Gasteiger partial charge >= 0.3 is 6.18 Å². The summed E-state index contributed by atoms with van der Waals surface area (Å²) in [6.07, 6.45) is 2.23. The summed E-state index contributed by atoms with van der Waals surface area (Å²) in [6.45, 7) is 2.10. The van der Waals surface area contributed by atoms with Gasteiger partial charge in [0.05, 0.1) is 36.3 Å². The number of nitrogens with zero attached hydrogens (tertiary/aromatic N) is 5. The van der Waals surface area contributed by atoms with Crippen LogP contribution in [0.2, 0.25) is 0 Å². The van der Waals surface area contributed by atoms with Crippen LogP contribution in [0.1, 0.15) is 25.3 Å². The van der Waals surface area contributed by atoms with Crippen molar-refractivity contribution in [2.45, 2.75) is 55.8 Å². The third-order valence-electron chi connectivity index (χ3n) is 7.91. The van der Waals surface area contributed by atoms with Gasteiger partial charge in [-0.2, -0.15) is 17.5 Å². The second kappa shape index (κ2) is 10.4. The molecule has 2 N–H and O–H groups in total. The van der Waals surface area contributed by atoms with Crippen molar-refractivity contribution in [3.8, 4) is 0 Å². The standard InChI is InChI=1S/C24H30F3N5O5S2/c1-23(34,24(25,26)27)15-9-28-22(29-10-15)31-7-6-30(39(35,36)21-5-3-2-4-20(21)38)11-17(31)12-32-16-8-19(33)18(32)14-37-13-16/h2-3,5,9-10,16-19,33-34H,4,6-8,11-14H2,1H3/t16-,17-,18-,19-,23+/m1/s1. The van der Waals surface area contributed by atoms with Crippen LogP contribution in [0.4, 0.5) is 19.1 Å². The molecule has 3 saturated heterocycles. The summed E-state index contributed by atoms with van der Waals surface area (Å²) in [5, 5.41) is 20.5. The number of fused-ring (bicyclic) bond motifs is 2. The summed E-state index contributed by atoms with van der Waals surface area (Å²) in [4.78, 5) is 12.6. The van der Waals surface area contributed by atoms with Crippen LogP contribution >= 0.6 is 12.2 Å². The quantitative estimate of drug-likeness (QED) is 0.467. The topological polar surface area (TPSA) is 119 Å². The monoisotopic (exact) mass is 589 g/mol. The van der Waals surface area contributed by atoms with Crippen LogP contribution in [-0.4, -0.2) is 112 Å². The van der Waals surface area contributed by atoms with Crippen LogP contribution in [0.5, 0.6) is 0 Å². The van der Waals surface area contributed by atoms with Gasteiger partial charge in [0.1, 0.15) is 0 Å². The summed E-state index contributed by atoms with van der Waals surface area (Å²) >= 11 is 5.32. The molecule has 15 heteroatoms. The Bertz CT molecular complexity index is 1270. The van der Waals surface area contributed by atoms with E-state index in [1.54, 1.807) is 17.1 Å². The number of piperazine rings is 1. The van der Waals surface area contributed by atoms with Crippen molar-refractivity contribution < 1.29 is 36.5 Å². The summed E-state index contributed by atoms with van der Waals surface area (Å²) in [6, 6.07) is -0.776. The van der Waals surface area contributed by atoms with Gasteiger partial charge in [0, 0.05) is 61.5 Å². The Kier molecular flexibility index (Phi) is 7.63. The maximum Gasteiger partial charge on any atom is 0.421 e. The highest BCUT2D eigenvalue weighted by molar-refractivity contribution is 7.96. The van der Waals surface area contributed by atoms with Gasteiger partial charge in [-0.1, -0.05) is 24.4 Å². The fourth-order valence-electron chi connectivity index (χ4n) is 5.53. The highest BCUT2D eigenvalue weighted by Gasteiger charge is 2.52. The van der Waals surface area contributed by atoms with E-state index in [0.717, 1.165) is 12.4 Å². The van der Waals surface area contributed by atoms with E-state index in [4.69, 9.17) is 17.0 Å². The summed E-state index contributed by atoms with van der Waals surface area (Å²) < 4.78 is 74.0. The summed E-state index contributed by atoms with van der Waals surface area (Å²) in [5.74, 6) is 0.121. The van der Waals surface area contributed by atoms with Crippen molar-refractivity contribution in [3.05, 3.63) is 41.1 Å². The number of sulfonamides is 1. The van der Waals surface area contributed by atoms with Gasteiger partial charge in [-0.15, -0.1) is 0 Å². The Morgan fingerprint density at radius 1 is 1.21 bits per heavy atom. The van der Waals surface area contributed by atoms with E-state index in [-0.39, 0.29) is 42.6 Å². The number of allylic oxidation sites excluding steroid dienone is 4. The Balaban J connectivity index is 1.43. The van der Waals surface area contributed by atoms with Gasteiger partial charge in [0.25, 0.3) is 0 Å². The fraction of sp³-hybridized carbons (Fsp3) is 0.625. The molecule has 0 spiro atoms. The molecule has 5 rings (SSSR count). The first-order valence-electron chi connectivity index (χ1n) is 12.6. The Labute approximate surface area is 229 Å². The molecule has 3 fully saturated rings. The van der Waals surface area contributed by atoms with Crippen molar-refractivity contribution in [1.29, 1.82) is 0 Å². The number of rotatable bonds is 6. The Hall–Kier alpha value is -2.01. The molecule has 4 heterocycles. The smallest absolute Gasteiger partial charge is 0.391 e. The molecule has 39 heavy (non-hydrogen) atoms. The van der Waals surface area contributed by atoms with Crippen LogP contribution in [-0.2, 0) is 20.4 Å². The van der Waals surface area contributed by atoms with E-state index in [9.17, 15) is 31.8 Å². The fourth-order valence-corrected chi connectivity index (χ4v) is 7.60. The van der Waals surface area contributed by atoms with E-state index in [1.165, 1.54) is 10.4 Å². The second-order valence-corrected chi connectivity index (χ2v) is 12.8. The molecular weight excluding hydrogens is 559 g/mol. The molecule has 10 nitrogen and oxygen atoms in total. The van der Waals surface area contributed by atoms with Gasteiger partial charge < -0.3 is 19.8 Å². The molecule has 2 bridgehead atoms. The molecule has 1 aliphatic carbocycles. The molecule has 0 saturated carbocycles. The third kappa shape index (κ3) is 5.25. The lowest BCUT2D eigenvalue weighted by atomic mass is 9.99. The SMILES string of the molecule is C[C@](O)(c1cnc(N2CCN(S(=O)(=O)C3=CC=CCC3=S)C[C@@H]2CN2[C@H]3COC[C@@H]2[C@H](O)C3)nc1)C(F)(F)F. The zero-order valence-electron chi connectivity index (χ0n) is 21.2. The first-order valence-corrected chi connectivity index (χ1v) is 14.5. The van der Waals surface area contributed by atoms with Gasteiger partial charge in [0.2, 0.25) is 16.0 Å². The molecule has 0 unspecified atom stereocenters. The van der Waals surface area contributed by atoms with Crippen molar-refractivity contribution in [2.24, 2.45) is 0 Å². The van der Waals surface area contributed by atoms with Crippen LogP contribution in [0.3, 0.4) is 0 Å². The lowest BCUT2D eigenvalue weighted by molar-refractivity contribution is -0.259. The number of aliphatic hydroxyl groups excluding tert-OH is 1. The zero-order chi connectivity index (χ0) is 28.2. The molecular formula is C24H30F3N5O5S2. The van der Waals surface area contributed by atoms with Crippen LogP contribution in [0.25, 0.3) is 0 Å². The van der Waals surface area contributed by atoms with Crippen LogP contribution < -0.4 is 4.90 Å². The number of aliphatic hydroxyl groups is 2. The van der Waals surface area contributed by atoms with Crippen molar-refractivity contribution >= 4 is 33.1 Å². The average molecular weight is 590 g/mol. The molecule has 0 amide bonds. The number of thiocarbonyl (C=S) groups is 1. The van der Waals surface area contributed by atoms with E-state index < -0.39 is 39.5 Å². The van der Waals surface area contributed by atoms with Crippen molar-refractivity contribution in [3.63, 3.8) is 0 Å². The lowest BCUT2D eigenvalue weighted by Crippen LogP contribution is -2.61. The van der Waals surface area contributed by atoms with Crippen LogP contribution in [0, 0.1) is 0 Å². The Morgan fingerprint density at radius 3 is 2.56 bits per heavy atom. The molecule has 4 aliphatic rings. The lowest BCUT2D eigenvalue weighted by Gasteiger charge is -2.45. The highest BCUT2D eigenvalue weighted by Crippen LogP contribution is 2.38. The third-order valence-corrected chi connectivity index (χ3v) is 10.4. The maximum atomic E-state index is 13.6. The molecule has 214 valence electrons. The zero-order valence-corrected chi connectivity index (χ0v) is 22.8. The normalized spacial score (nSPS) is 30.4. The Morgan fingerprint density at radius 2 is 1.92 bits per heavy atom. The predicted molar refractivity (Wildman–Crippen MR) is 139 cm³/mol. The first kappa shape index (κ1) is 28.5. The molecule has 1 aromatic rings. The first-order chi connectivity index (χ1) is 18.3. The highest BCUT2D eigenvalue weighted by atomic mass is 32.2. The number of ether oxygens (including phenoxy) is 1. The number of hydrogen-bond donors (Lipinski definition) is 2. The average Bonchev–Trinajstić information content (AvgIpc) is 3.04. The minimum absolute atomic E-state index is 0.0449. The van der Waals surface area contributed by atoms with E-state index in [0.29, 0.717) is 44.4 Å². The van der Waals surface area contributed by atoms with Gasteiger partial charge in [-0.3, -0.25) is 4.90 Å². The summed E-state index contributed by atoms with van der Waals surface area (Å²) in [5.41, 5.74) is -3.63. The maximum absolute atomic E-state index is 13.6. The van der Waals surface area contributed by atoms with E-state index in [1.807, 2.05) is 0 Å². The van der Waals surface area contributed by atoms with E-state index in [2.05, 4.69) is 14.9 Å². The number of alkyl halides is 3. The van der Waals surface area contributed by atoms with Gasteiger partial charge in [-0.25, -0.2) is 18.4 Å². The molecule has 5 atom stereocenters. The number of hydrogen-bond acceptors (Lipinski definition) is 10. The second-order valence-electron chi connectivity index (χ2n) is 10.4. The molecule has 0 aromatic carbocycles. The van der Waals surface area contributed by atoms with E-state index >= 15 is 0 Å². The predicted octanol–water partition coefficient (Wildman–Crippen LogP) is 1.11. The van der Waals surface area contributed by atoms with Crippen molar-refractivity contribution in [1.82, 2.24) is 19.2 Å². The number of halogens is 3. The minimum Gasteiger partial charge on any atom is -0.391 e. The largest absolute Gasteiger partial charge is 0.421 e. The number of aromatic nitrogens is 2. The summed E-state index contributed by atoms with van der Waals surface area (Å²) in [7, 11) is -3.89. The molecule has 0 radical (unpaired) electrons. The van der Waals surface area contributed by atoms with Crippen molar-refractivity contribution in [2.75, 3.05) is 44.3 Å².